The molecule has 7 nitrogen and oxygen atoms in total. The minimum Gasteiger partial charge on any atom is -0.342 e. The molecule has 1 aliphatic heterocycles. The number of H-pyrrole nitrogens is 1. The molecule has 7 heteroatoms. The summed E-state index contributed by atoms with van der Waals surface area (Å²) in [6.45, 7) is 7.92. The summed E-state index contributed by atoms with van der Waals surface area (Å²) < 4.78 is 1.62. The number of hydrogen-bond acceptors (Lipinski definition) is 4. The van der Waals surface area contributed by atoms with Crippen LogP contribution in [0.1, 0.15) is 30.2 Å². The molecule has 1 amide bonds. The van der Waals surface area contributed by atoms with Crippen LogP contribution in [0.5, 0.6) is 0 Å². The first-order valence-corrected chi connectivity index (χ1v) is 8.28. The number of carbonyl (C=O) groups is 1. The normalized spacial score (nSPS) is 21.0. The molecule has 1 saturated heterocycles. The predicted molar refractivity (Wildman–Crippen MR) is 92.9 cm³/mol. The van der Waals surface area contributed by atoms with E-state index < -0.39 is 0 Å². The van der Waals surface area contributed by atoms with E-state index in [1.54, 1.807) is 11.7 Å². The zero-order chi connectivity index (χ0) is 17.6. The zero-order valence-corrected chi connectivity index (χ0v) is 14.8. The van der Waals surface area contributed by atoms with Gasteiger partial charge in [-0.15, -0.1) is 0 Å². The van der Waals surface area contributed by atoms with Crippen LogP contribution in [-0.2, 0) is 18.3 Å². The van der Waals surface area contributed by atoms with Crippen molar-refractivity contribution < 1.29 is 4.79 Å². The van der Waals surface area contributed by atoms with E-state index in [0.29, 0.717) is 24.1 Å². The van der Waals surface area contributed by atoms with Gasteiger partial charge in [0.25, 0.3) is 5.56 Å². The van der Waals surface area contributed by atoms with Crippen LogP contribution in [0.15, 0.2) is 4.79 Å². The molecule has 3 rings (SSSR count). The van der Waals surface area contributed by atoms with E-state index in [4.69, 9.17) is 5.73 Å². The van der Waals surface area contributed by atoms with Crippen molar-refractivity contribution in [2.75, 3.05) is 19.6 Å². The van der Waals surface area contributed by atoms with Gasteiger partial charge in [0, 0.05) is 25.8 Å². The Hall–Kier alpha value is -2.15. The van der Waals surface area contributed by atoms with Crippen LogP contribution < -0.4 is 11.3 Å². The van der Waals surface area contributed by atoms with Gasteiger partial charge in [-0.1, -0.05) is 6.92 Å². The van der Waals surface area contributed by atoms with Gasteiger partial charge in [0.1, 0.15) is 0 Å². The maximum atomic E-state index is 12.7. The quantitative estimate of drug-likeness (QED) is 0.861. The molecule has 0 bridgehead atoms. The fourth-order valence-corrected chi connectivity index (χ4v) is 3.57. The lowest BCUT2D eigenvalue weighted by Crippen LogP contribution is -2.35. The maximum absolute atomic E-state index is 12.7. The Kier molecular flexibility index (Phi) is 3.99. The number of likely N-dealkylation sites (tertiary alicyclic amines) is 1. The highest BCUT2D eigenvalue weighted by Crippen LogP contribution is 2.29. The first-order chi connectivity index (χ1) is 11.3. The molecule has 3 N–H and O–H groups in total. The second kappa shape index (κ2) is 5.73. The molecule has 0 spiro atoms. The summed E-state index contributed by atoms with van der Waals surface area (Å²) >= 11 is 0. The van der Waals surface area contributed by atoms with Crippen molar-refractivity contribution in [2.24, 2.45) is 18.2 Å². The first-order valence-electron chi connectivity index (χ1n) is 8.28. The van der Waals surface area contributed by atoms with Crippen molar-refractivity contribution in [1.29, 1.82) is 0 Å². The number of rotatable bonds is 3. The standard InChI is InChI=1S/C17H25N5O2/c1-10-12(7-13(23)22-6-5-17(3,8-18)9-22)11(2)19-15-14(10)16(24)20-21(15)4/h5-9,18H2,1-4H3,(H,20,24). The van der Waals surface area contributed by atoms with Crippen LogP contribution in [-0.4, -0.2) is 45.2 Å². The largest absolute Gasteiger partial charge is 0.342 e. The van der Waals surface area contributed by atoms with E-state index in [0.717, 1.165) is 29.8 Å². The molecule has 1 fully saturated rings. The summed E-state index contributed by atoms with van der Waals surface area (Å²) in [6.07, 6.45) is 1.21. The molecule has 0 radical (unpaired) electrons. The average molecular weight is 331 g/mol. The molecule has 1 atom stereocenters. The van der Waals surface area contributed by atoms with Crippen LogP contribution in [0.2, 0.25) is 0 Å². The molecule has 0 aliphatic carbocycles. The Balaban J connectivity index is 1.92. The van der Waals surface area contributed by atoms with Crippen LogP contribution in [0.25, 0.3) is 11.0 Å². The molecule has 3 heterocycles. The number of nitrogens with zero attached hydrogens (tertiary/aromatic N) is 3. The number of carbonyl (C=O) groups excluding carboxylic acids is 1. The Bertz CT molecular complexity index is 866. The molecular formula is C17H25N5O2. The fourth-order valence-electron chi connectivity index (χ4n) is 3.57. The summed E-state index contributed by atoms with van der Waals surface area (Å²) in [5.74, 6) is 0.0758. The van der Waals surface area contributed by atoms with E-state index in [1.165, 1.54) is 0 Å². The number of nitrogens with two attached hydrogens (primary N) is 1. The van der Waals surface area contributed by atoms with Crippen molar-refractivity contribution in [3.05, 3.63) is 27.2 Å². The molecule has 130 valence electrons. The van der Waals surface area contributed by atoms with Gasteiger partial charge in [0.05, 0.1) is 11.8 Å². The van der Waals surface area contributed by atoms with Crippen molar-refractivity contribution in [1.82, 2.24) is 19.7 Å². The SMILES string of the molecule is Cc1nc2c(c(C)c1CC(=O)N1CCC(C)(CN)C1)c(=O)[nH]n2C. The van der Waals surface area contributed by atoms with E-state index in [-0.39, 0.29) is 23.3 Å². The molecule has 0 aromatic carbocycles. The second-order valence-electron chi connectivity index (χ2n) is 7.26. The summed E-state index contributed by atoms with van der Waals surface area (Å²) in [4.78, 5) is 31.2. The Labute approximate surface area is 140 Å². The average Bonchev–Trinajstić information content (AvgIpc) is 3.05. The van der Waals surface area contributed by atoms with Gasteiger partial charge in [-0.2, -0.15) is 0 Å². The number of pyridine rings is 1. The molecule has 1 unspecified atom stereocenters. The van der Waals surface area contributed by atoms with Crippen LogP contribution >= 0.6 is 0 Å². The van der Waals surface area contributed by atoms with Crippen LogP contribution in [0.4, 0.5) is 0 Å². The zero-order valence-electron chi connectivity index (χ0n) is 14.8. The monoisotopic (exact) mass is 331 g/mol. The highest BCUT2D eigenvalue weighted by atomic mass is 16.2. The van der Waals surface area contributed by atoms with Crippen molar-refractivity contribution in [3.63, 3.8) is 0 Å². The third-order valence-corrected chi connectivity index (χ3v) is 5.31. The molecular weight excluding hydrogens is 306 g/mol. The number of nitrogens with one attached hydrogen (secondary N) is 1. The van der Waals surface area contributed by atoms with Crippen molar-refractivity contribution in [3.8, 4) is 0 Å². The number of aromatic amines is 1. The lowest BCUT2D eigenvalue weighted by Gasteiger charge is -2.23. The topological polar surface area (TPSA) is 97.0 Å². The highest BCUT2D eigenvalue weighted by Gasteiger charge is 2.35. The Morgan fingerprint density at radius 2 is 2.12 bits per heavy atom. The summed E-state index contributed by atoms with van der Waals surface area (Å²) in [5.41, 5.74) is 8.79. The van der Waals surface area contributed by atoms with E-state index in [2.05, 4.69) is 17.0 Å². The van der Waals surface area contributed by atoms with Gasteiger partial charge >= 0.3 is 0 Å². The number of aryl methyl sites for hydroxylation is 3. The highest BCUT2D eigenvalue weighted by molar-refractivity contribution is 5.84. The minimum atomic E-state index is -0.164. The maximum Gasteiger partial charge on any atom is 0.273 e. The Morgan fingerprint density at radius 3 is 2.75 bits per heavy atom. The molecule has 24 heavy (non-hydrogen) atoms. The lowest BCUT2D eigenvalue weighted by molar-refractivity contribution is -0.129. The van der Waals surface area contributed by atoms with Gasteiger partial charge < -0.3 is 10.6 Å². The molecule has 2 aromatic heterocycles. The molecule has 0 saturated carbocycles. The molecule has 2 aromatic rings. The number of fused-ring (bicyclic) bond motifs is 1. The Morgan fingerprint density at radius 1 is 1.42 bits per heavy atom. The number of aromatic nitrogens is 3. The first kappa shape index (κ1) is 16.7. The smallest absolute Gasteiger partial charge is 0.273 e. The third-order valence-electron chi connectivity index (χ3n) is 5.31. The number of hydrogen-bond donors (Lipinski definition) is 2. The van der Waals surface area contributed by atoms with Crippen LogP contribution in [0.3, 0.4) is 0 Å². The van der Waals surface area contributed by atoms with Gasteiger partial charge in [-0.3, -0.25) is 19.4 Å². The van der Waals surface area contributed by atoms with Gasteiger partial charge in [0.2, 0.25) is 5.91 Å². The van der Waals surface area contributed by atoms with Crippen molar-refractivity contribution >= 4 is 16.9 Å². The summed E-state index contributed by atoms with van der Waals surface area (Å²) in [7, 11) is 1.76. The van der Waals surface area contributed by atoms with Gasteiger partial charge in [-0.25, -0.2) is 4.98 Å². The van der Waals surface area contributed by atoms with Gasteiger partial charge in [-0.05, 0) is 43.4 Å². The van der Waals surface area contributed by atoms with E-state index in [9.17, 15) is 9.59 Å². The molecule has 1 aliphatic rings. The minimum absolute atomic E-state index is 0.0124. The predicted octanol–water partition coefficient (Wildman–Crippen LogP) is 0.618. The van der Waals surface area contributed by atoms with Gasteiger partial charge in [0.15, 0.2) is 5.65 Å². The summed E-state index contributed by atoms with van der Waals surface area (Å²) in [6, 6.07) is 0. The van der Waals surface area contributed by atoms with Crippen LogP contribution in [0, 0.1) is 19.3 Å². The lowest BCUT2D eigenvalue weighted by atomic mass is 9.90. The van der Waals surface area contributed by atoms with E-state index >= 15 is 0 Å². The summed E-state index contributed by atoms with van der Waals surface area (Å²) in [5, 5.41) is 3.30. The third kappa shape index (κ3) is 2.62. The fraction of sp³-hybridized carbons (Fsp3) is 0.588. The second-order valence-corrected chi connectivity index (χ2v) is 7.26. The number of amides is 1. The van der Waals surface area contributed by atoms with E-state index in [1.807, 2.05) is 18.7 Å². The van der Waals surface area contributed by atoms with Crippen molar-refractivity contribution in [2.45, 2.75) is 33.6 Å².